The minimum atomic E-state index is 0.587. The molecule has 1 heterocycles. The van der Waals surface area contributed by atoms with Gasteiger partial charge in [0.25, 0.3) is 0 Å². The average Bonchev–Trinajstić information content (AvgIpc) is 2.04. The van der Waals surface area contributed by atoms with Crippen molar-refractivity contribution in [2.45, 2.75) is 10.7 Å². The fourth-order valence-electron chi connectivity index (χ4n) is 1.06. The number of piperazine rings is 1. The number of rotatable bonds is 2. The normalized spacial score (nSPS) is 34.2. The van der Waals surface area contributed by atoms with Gasteiger partial charge < -0.3 is 10.6 Å². The van der Waals surface area contributed by atoms with Crippen LogP contribution in [0.4, 0.5) is 0 Å². The van der Waals surface area contributed by atoms with E-state index in [4.69, 9.17) is 0 Å². The van der Waals surface area contributed by atoms with Crippen molar-refractivity contribution in [1.29, 1.82) is 0 Å². The van der Waals surface area contributed by atoms with E-state index >= 15 is 0 Å². The monoisotopic (exact) mass is 178 g/mol. The highest BCUT2D eigenvalue weighted by Gasteiger charge is 2.21. The van der Waals surface area contributed by atoms with Crippen LogP contribution in [0.1, 0.15) is 0 Å². The highest BCUT2D eigenvalue weighted by Crippen LogP contribution is 2.17. The molecule has 0 bridgehead atoms. The molecule has 0 saturated carbocycles. The Bertz CT molecular complexity index is 87.7. The van der Waals surface area contributed by atoms with Crippen LogP contribution in [0, 0.1) is 0 Å². The second-order valence-electron chi connectivity index (χ2n) is 2.22. The lowest BCUT2D eigenvalue weighted by Crippen LogP contribution is -2.52. The van der Waals surface area contributed by atoms with Crippen molar-refractivity contribution in [3.05, 3.63) is 0 Å². The van der Waals surface area contributed by atoms with E-state index in [0.29, 0.717) is 10.7 Å². The first-order chi connectivity index (χ1) is 4.88. The van der Waals surface area contributed by atoms with E-state index in [0.717, 1.165) is 13.1 Å². The van der Waals surface area contributed by atoms with Gasteiger partial charge in [0.2, 0.25) is 0 Å². The summed E-state index contributed by atoms with van der Waals surface area (Å²) in [6.45, 7) is 2.20. The largest absolute Gasteiger partial charge is 0.302 e. The van der Waals surface area contributed by atoms with E-state index in [9.17, 15) is 0 Å². The van der Waals surface area contributed by atoms with Crippen molar-refractivity contribution in [3.8, 4) is 0 Å². The van der Waals surface area contributed by atoms with Crippen molar-refractivity contribution < 1.29 is 0 Å². The molecule has 10 heavy (non-hydrogen) atoms. The van der Waals surface area contributed by atoms with Crippen LogP contribution in [0.3, 0.4) is 0 Å². The number of hydrogen-bond acceptors (Lipinski definition) is 4. The molecule has 1 aliphatic heterocycles. The van der Waals surface area contributed by atoms with Gasteiger partial charge in [0.15, 0.2) is 0 Å². The Morgan fingerprint density at radius 2 is 1.40 bits per heavy atom. The third-order valence-electron chi connectivity index (χ3n) is 1.60. The average molecular weight is 178 g/mol. The standard InChI is InChI=1S/C6H14N2S2/c1-9-5-6(10-2)8-4-3-7-5/h5-8H,3-4H2,1-2H3. The summed E-state index contributed by atoms with van der Waals surface area (Å²) in [7, 11) is 0. The first-order valence-electron chi connectivity index (χ1n) is 3.41. The summed E-state index contributed by atoms with van der Waals surface area (Å²) in [4.78, 5) is 0. The Morgan fingerprint density at radius 3 is 1.70 bits per heavy atom. The molecule has 2 nitrogen and oxygen atoms in total. The first-order valence-corrected chi connectivity index (χ1v) is 5.98. The molecule has 0 aliphatic carbocycles. The van der Waals surface area contributed by atoms with Crippen LogP contribution in [0.25, 0.3) is 0 Å². The van der Waals surface area contributed by atoms with E-state index in [-0.39, 0.29) is 0 Å². The topological polar surface area (TPSA) is 24.1 Å². The number of nitrogens with one attached hydrogen (secondary N) is 2. The zero-order valence-electron chi connectivity index (χ0n) is 6.39. The summed E-state index contributed by atoms with van der Waals surface area (Å²) in [6, 6.07) is 0. The molecule has 0 aromatic heterocycles. The van der Waals surface area contributed by atoms with Crippen LogP contribution >= 0.6 is 23.5 Å². The predicted molar refractivity (Wildman–Crippen MR) is 50.6 cm³/mol. The zero-order chi connectivity index (χ0) is 7.40. The molecule has 4 heteroatoms. The minimum Gasteiger partial charge on any atom is -0.302 e. The molecule has 2 N–H and O–H groups in total. The number of thioether (sulfide) groups is 2. The van der Waals surface area contributed by atoms with Crippen LogP contribution in [0.5, 0.6) is 0 Å². The molecular weight excluding hydrogens is 164 g/mol. The molecule has 0 aromatic carbocycles. The summed E-state index contributed by atoms with van der Waals surface area (Å²) in [5.41, 5.74) is 0. The summed E-state index contributed by atoms with van der Waals surface area (Å²) < 4.78 is 0. The van der Waals surface area contributed by atoms with Gasteiger partial charge in [-0.05, 0) is 12.5 Å². The smallest absolute Gasteiger partial charge is 0.0780 e. The van der Waals surface area contributed by atoms with Crippen LogP contribution in [0.2, 0.25) is 0 Å². The fraction of sp³-hybridized carbons (Fsp3) is 1.00. The molecule has 1 rings (SSSR count). The van der Waals surface area contributed by atoms with Gasteiger partial charge in [0.05, 0.1) is 10.7 Å². The highest BCUT2D eigenvalue weighted by atomic mass is 32.2. The van der Waals surface area contributed by atoms with Gasteiger partial charge in [-0.1, -0.05) is 0 Å². The van der Waals surface area contributed by atoms with Crippen molar-refractivity contribution >= 4 is 23.5 Å². The molecule has 60 valence electrons. The maximum atomic E-state index is 3.45. The van der Waals surface area contributed by atoms with E-state index in [2.05, 4.69) is 23.1 Å². The molecule has 1 aliphatic rings. The van der Waals surface area contributed by atoms with Crippen molar-refractivity contribution in [3.63, 3.8) is 0 Å². The molecule has 0 amide bonds. The molecule has 2 unspecified atom stereocenters. The van der Waals surface area contributed by atoms with Gasteiger partial charge in [-0.3, -0.25) is 0 Å². The van der Waals surface area contributed by atoms with E-state index in [1.807, 2.05) is 23.5 Å². The van der Waals surface area contributed by atoms with Gasteiger partial charge in [-0.25, -0.2) is 0 Å². The van der Waals surface area contributed by atoms with Gasteiger partial charge in [0.1, 0.15) is 0 Å². The first kappa shape index (κ1) is 8.71. The van der Waals surface area contributed by atoms with Gasteiger partial charge in [0, 0.05) is 13.1 Å². The molecule has 2 atom stereocenters. The molecule has 0 spiro atoms. The van der Waals surface area contributed by atoms with E-state index < -0.39 is 0 Å². The molecule has 1 fully saturated rings. The molecule has 0 aromatic rings. The summed E-state index contributed by atoms with van der Waals surface area (Å²) in [5.74, 6) is 0. The zero-order valence-corrected chi connectivity index (χ0v) is 8.02. The Balaban J connectivity index is 2.34. The summed E-state index contributed by atoms with van der Waals surface area (Å²) in [5, 5.41) is 8.07. The minimum absolute atomic E-state index is 0.587. The van der Waals surface area contributed by atoms with Crippen LogP contribution in [0.15, 0.2) is 0 Å². The SMILES string of the molecule is CSC1NCCNC1SC. The second kappa shape index (κ2) is 4.49. The highest BCUT2D eigenvalue weighted by molar-refractivity contribution is 8.03. The van der Waals surface area contributed by atoms with Crippen LogP contribution in [-0.2, 0) is 0 Å². The Morgan fingerprint density at radius 1 is 1.00 bits per heavy atom. The fourth-order valence-corrected chi connectivity index (χ4v) is 2.98. The maximum Gasteiger partial charge on any atom is 0.0780 e. The third kappa shape index (κ3) is 2.05. The van der Waals surface area contributed by atoms with Gasteiger partial charge >= 0.3 is 0 Å². The lowest BCUT2D eigenvalue weighted by Gasteiger charge is -2.30. The van der Waals surface area contributed by atoms with Gasteiger partial charge in [-0.15, -0.1) is 23.5 Å². The lowest BCUT2D eigenvalue weighted by molar-refractivity contribution is 0.481. The molecule has 1 saturated heterocycles. The van der Waals surface area contributed by atoms with E-state index in [1.54, 1.807) is 0 Å². The number of hydrogen-bond donors (Lipinski definition) is 2. The summed E-state index contributed by atoms with van der Waals surface area (Å²) >= 11 is 3.77. The van der Waals surface area contributed by atoms with Crippen molar-refractivity contribution in [2.24, 2.45) is 0 Å². The van der Waals surface area contributed by atoms with Crippen LogP contribution < -0.4 is 10.6 Å². The Kier molecular flexibility index (Phi) is 3.91. The van der Waals surface area contributed by atoms with Crippen LogP contribution in [-0.4, -0.2) is 36.3 Å². The van der Waals surface area contributed by atoms with E-state index in [1.165, 1.54) is 0 Å². The molecule has 0 radical (unpaired) electrons. The summed E-state index contributed by atoms with van der Waals surface area (Å²) in [6.07, 6.45) is 4.29. The third-order valence-corrected chi connectivity index (χ3v) is 3.66. The Hall–Kier alpha value is 0.620. The second-order valence-corrected chi connectivity index (χ2v) is 4.18. The quantitative estimate of drug-likeness (QED) is 0.645. The lowest BCUT2D eigenvalue weighted by atomic mass is 10.4. The van der Waals surface area contributed by atoms with Crippen molar-refractivity contribution in [2.75, 3.05) is 25.6 Å². The predicted octanol–water partition coefficient (Wildman–Crippen LogP) is 0.557. The van der Waals surface area contributed by atoms with Crippen molar-refractivity contribution in [1.82, 2.24) is 10.6 Å². The Labute approximate surface area is 70.9 Å². The maximum absolute atomic E-state index is 3.45. The van der Waals surface area contributed by atoms with Gasteiger partial charge in [-0.2, -0.15) is 0 Å². The molecular formula is C6H14N2S2.